The van der Waals surface area contributed by atoms with Crippen LogP contribution < -0.4 is 15.4 Å². The van der Waals surface area contributed by atoms with Crippen molar-refractivity contribution in [1.82, 2.24) is 10.3 Å². The Morgan fingerprint density at radius 2 is 1.94 bits per heavy atom. The average Bonchev–Trinajstić information content (AvgIpc) is 3.38. The summed E-state index contributed by atoms with van der Waals surface area (Å²) in [6.45, 7) is 1.90. The number of Topliss-reactive ketones (excluding diaryl/α,β-unsaturated/α-hetero) is 1. The lowest BCUT2D eigenvalue weighted by Gasteiger charge is -2.36. The molecule has 0 radical (unpaired) electrons. The Hall–Kier alpha value is -3.71. The Morgan fingerprint density at radius 3 is 2.62 bits per heavy atom. The lowest BCUT2D eigenvalue weighted by atomic mass is 9.73. The van der Waals surface area contributed by atoms with Crippen LogP contribution >= 0.6 is 11.3 Å². The number of carbonyl (C=O) groups excluding carboxylic acids is 2. The number of methoxy groups -OCH3 is 1. The molecule has 34 heavy (non-hydrogen) atoms. The minimum atomic E-state index is -0.399. The Morgan fingerprint density at radius 1 is 1.12 bits per heavy atom. The fourth-order valence-electron chi connectivity index (χ4n) is 4.81. The number of ether oxygens (including phenoxy) is 1. The van der Waals surface area contributed by atoms with E-state index in [0.717, 1.165) is 27.6 Å². The van der Waals surface area contributed by atoms with Crippen molar-refractivity contribution in [3.8, 4) is 5.75 Å². The molecular weight excluding hydrogens is 446 g/mol. The Balaban J connectivity index is 1.50. The molecule has 1 aliphatic carbocycles. The zero-order valence-corrected chi connectivity index (χ0v) is 19.8. The third kappa shape index (κ3) is 4.15. The maximum atomic E-state index is 13.6. The number of benzene rings is 1. The van der Waals surface area contributed by atoms with Gasteiger partial charge in [0.1, 0.15) is 11.6 Å². The van der Waals surface area contributed by atoms with Crippen LogP contribution in [0.1, 0.15) is 42.0 Å². The topological polar surface area (TPSA) is 80.3 Å². The van der Waals surface area contributed by atoms with Crippen LogP contribution in [0.3, 0.4) is 0 Å². The van der Waals surface area contributed by atoms with Crippen molar-refractivity contribution in [3.05, 3.63) is 99.2 Å². The third-order valence-corrected chi connectivity index (χ3v) is 7.33. The second-order valence-electron chi connectivity index (χ2n) is 8.47. The lowest BCUT2D eigenvalue weighted by Crippen LogP contribution is -2.36. The van der Waals surface area contributed by atoms with Crippen LogP contribution in [0.2, 0.25) is 0 Å². The number of rotatable bonds is 5. The summed E-state index contributed by atoms with van der Waals surface area (Å²) in [5, 5.41) is 8.30. The monoisotopic (exact) mass is 471 g/mol. The maximum Gasteiger partial charge on any atom is 0.255 e. The van der Waals surface area contributed by atoms with Gasteiger partial charge in [0.15, 0.2) is 5.78 Å². The molecule has 2 atom stereocenters. The zero-order chi connectivity index (χ0) is 23.7. The summed E-state index contributed by atoms with van der Waals surface area (Å²) in [6, 6.07) is 17.2. The molecule has 0 saturated heterocycles. The summed E-state index contributed by atoms with van der Waals surface area (Å²) < 4.78 is 5.27. The number of hydrogen-bond donors (Lipinski definition) is 2. The van der Waals surface area contributed by atoms with Crippen LogP contribution in [0.15, 0.2) is 88.7 Å². The molecule has 0 bridgehead atoms. The van der Waals surface area contributed by atoms with Crippen LogP contribution in [0.5, 0.6) is 5.75 Å². The summed E-state index contributed by atoms with van der Waals surface area (Å²) in [7, 11) is 1.64. The van der Waals surface area contributed by atoms with Gasteiger partial charge in [0.25, 0.3) is 5.91 Å². The Kier molecular flexibility index (Phi) is 6.02. The van der Waals surface area contributed by atoms with Gasteiger partial charge >= 0.3 is 0 Å². The van der Waals surface area contributed by atoms with E-state index >= 15 is 0 Å². The molecule has 2 aliphatic rings. The molecule has 2 aromatic heterocycles. The SMILES string of the molecule is COc1ccc(C2CC(=O)C3=C(C2)NC(C)=C(C(=O)Nc2ccccn2)C3c2cccs2)cc1. The minimum absolute atomic E-state index is 0.0728. The highest BCUT2D eigenvalue weighted by atomic mass is 32.1. The van der Waals surface area contributed by atoms with E-state index in [1.54, 1.807) is 36.8 Å². The number of nitrogens with one attached hydrogen (secondary N) is 2. The van der Waals surface area contributed by atoms with Crippen LogP contribution in [0.4, 0.5) is 5.82 Å². The molecule has 2 N–H and O–H groups in total. The second kappa shape index (κ2) is 9.27. The highest BCUT2D eigenvalue weighted by molar-refractivity contribution is 7.10. The molecule has 3 heterocycles. The van der Waals surface area contributed by atoms with E-state index in [4.69, 9.17) is 4.74 Å². The van der Waals surface area contributed by atoms with Crippen molar-refractivity contribution in [2.24, 2.45) is 0 Å². The molecule has 1 aliphatic heterocycles. The van der Waals surface area contributed by atoms with E-state index < -0.39 is 5.92 Å². The number of amides is 1. The van der Waals surface area contributed by atoms with Crippen LogP contribution in [0, 0.1) is 0 Å². The number of carbonyl (C=O) groups is 2. The van der Waals surface area contributed by atoms with Crippen molar-refractivity contribution >= 4 is 28.8 Å². The van der Waals surface area contributed by atoms with Crippen LogP contribution in [-0.4, -0.2) is 23.8 Å². The van der Waals surface area contributed by atoms with Crippen LogP contribution in [0.25, 0.3) is 0 Å². The van der Waals surface area contributed by atoms with E-state index in [1.807, 2.05) is 54.8 Å². The van der Waals surface area contributed by atoms with Gasteiger partial charge in [0.2, 0.25) is 0 Å². The smallest absolute Gasteiger partial charge is 0.255 e. The highest BCUT2D eigenvalue weighted by Crippen LogP contribution is 2.46. The minimum Gasteiger partial charge on any atom is -0.497 e. The third-order valence-electron chi connectivity index (χ3n) is 6.39. The van der Waals surface area contributed by atoms with Gasteiger partial charge in [-0.05, 0) is 60.5 Å². The molecule has 0 spiro atoms. The van der Waals surface area contributed by atoms with E-state index in [2.05, 4.69) is 15.6 Å². The maximum absolute atomic E-state index is 13.6. The number of pyridine rings is 1. The number of allylic oxidation sites excluding steroid dienone is 3. The van der Waals surface area contributed by atoms with E-state index in [1.165, 1.54) is 0 Å². The van der Waals surface area contributed by atoms with E-state index in [-0.39, 0.29) is 17.6 Å². The second-order valence-corrected chi connectivity index (χ2v) is 9.45. The lowest BCUT2D eigenvalue weighted by molar-refractivity contribution is -0.116. The first kappa shape index (κ1) is 22.1. The molecule has 7 heteroatoms. The number of ketones is 1. The molecule has 3 aromatic rings. The molecule has 5 rings (SSSR count). The van der Waals surface area contributed by atoms with Crippen LogP contribution in [-0.2, 0) is 9.59 Å². The van der Waals surface area contributed by atoms with Crippen molar-refractivity contribution in [1.29, 1.82) is 0 Å². The molecule has 0 saturated carbocycles. The van der Waals surface area contributed by atoms with Crippen molar-refractivity contribution in [3.63, 3.8) is 0 Å². The number of dihydropyridines is 1. The van der Waals surface area contributed by atoms with Gasteiger partial charge in [-0.3, -0.25) is 9.59 Å². The molecule has 6 nitrogen and oxygen atoms in total. The molecule has 0 fully saturated rings. The number of anilines is 1. The quantitative estimate of drug-likeness (QED) is 0.538. The van der Waals surface area contributed by atoms with Gasteiger partial charge < -0.3 is 15.4 Å². The normalized spacial score (nSPS) is 20.0. The van der Waals surface area contributed by atoms with E-state index in [9.17, 15) is 9.59 Å². The summed E-state index contributed by atoms with van der Waals surface area (Å²) in [5.74, 6) is 0.769. The molecular formula is C27H25N3O3S. The van der Waals surface area contributed by atoms with Gasteiger partial charge in [-0.25, -0.2) is 4.98 Å². The van der Waals surface area contributed by atoms with E-state index in [0.29, 0.717) is 29.8 Å². The summed E-state index contributed by atoms with van der Waals surface area (Å²) >= 11 is 1.56. The molecule has 2 unspecified atom stereocenters. The van der Waals surface area contributed by atoms with Crippen molar-refractivity contribution < 1.29 is 14.3 Å². The van der Waals surface area contributed by atoms with Crippen molar-refractivity contribution in [2.45, 2.75) is 31.6 Å². The first-order valence-corrected chi connectivity index (χ1v) is 12.1. The fourth-order valence-corrected chi connectivity index (χ4v) is 5.66. The largest absolute Gasteiger partial charge is 0.497 e. The standard InChI is InChI=1S/C27H25N3O3S/c1-16-24(27(32)30-23-7-3-4-12-28-23)26(22-6-5-13-34-22)25-20(29-16)14-18(15-21(25)31)17-8-10-19(33-2)11-9-17/h3-13,18,26,29H,14-15H2,1-2H3,(H,28,30,32). The molecule has 1 amide bonds. The predicted octanol–water partition coefficient (Wildman–Crippen LogP) is 5.15. The van der Waals surface area contributed by atoms with Gasteiger partial charge in [-0.1, -0.05) is 24.3 Å². The number of thiophene rings is 1. The summed E-state index contributed by atoms with van der Waals surface area (Å²) in [6.07, 6.45) is 2.75. The first-order chi connectivity index (χ1) is 16.5. The highest BCUT2D eigenvalue weighted by Gasteiger charge is 2.41. The first-order valence-electron chi connectivity index (χ1n) is 11.2. The summed E-state index contributed by atoms with van der Waals surface area (Å²) in [5.41, 5.74) is 4.03. The molecule has 1 aromatic carbocycles. The predicted molar refractivity (Wildman–Crippen MR) is 133 cm³/mol. The van der Waals surface area contributed by atoms with Gasteiger partial charge in [0, 0.05) is 40.0 Å². The van der Waals surface area contributed by atoms with Gasteiger partial charge in [-0.2, -0.15) is 0 Å². The van der Waals surface area contributed by atoms with Crippen molar-refractivity contribution in [2.75, 3.05) is 12.4 Å². The Labute approximate surface area is 202 Å². The van der Waals surface area contributed by atoms with Gasteiger partial charge in [-0.15, -0.1) is 11.3 Å². The number of aromatic nitrogens is 1. The van der Waals surface area contributed by atoms with Gasteiger partial charge in [0.05, 0.1) is 13.0 Å². The fraction of sp³-hybridized carbons (Fsp3) is 0.222. The summed E-state index contributed by atoms with van der Waals surface area (Å²) in [4.78, 5) is 32.2. The zero-order valence-electron chi connectivity index (χ0n) is 19.0. The average molecular weight is 472 g/mol. The molecule has 172 valence electrons. The number of hydrogen-bond acceptors (Lipinski definition) is 6. The number of nitrogens with zero attached hydrogens (tertiary/aromatic N) is 1. The Bertz CT molecular complexity index is 1280.